The second kappa shape index (κ2) is 10.7. The number of rotatable bonds is 8. The van der Waals surface area contributed by atoms with Crippen LogP contribution in [-0.2, 0) is 5.41 Å². The first-order valence-electron chi connectivity index (χ1n) is 13.9. The summed E-state index contributed by atoms with van der Waals surface area (Å²) in [5, 5.41) is 2.54. The summed E-state index contributed by atoms with van der Waals surface area (Å²) in [6, 6.07) is 13.8. The maximum atomic E-state index is 16.5. The van der Waals surface area contributed by atoms with Gasteiger partial charge in [0.05, 0.1) is 23.6 Å². The number of nitrogens with one attached hydrogen (secondary N) is 1. The number of ketones is 1. The van der Waals surface area contributed by atoms with Gasteiger partial charge in [-0.25, -0.2) is 18.7 Å². The Balaban J connectivity index is 1.46. The lowest BCUT2D eigenvalue weighted by atomic mass is 9.90. The van der Waals surface area contributed by atoms with Crippen molar-refractivity contribution in [2.24, 2.45) is 0 Å². The third-order valence-electron chi connectivity index (χ3n) is 8.11. The van der Waals surface area contributed by atoms with Gasteiger partial charge in [-0.05, 0) is 92.4 Å². The Morgan fingerprint density at radius 3 is 2.42 bits per heavy atom. The molecule has 5 aromatic rings. The Hall–Kier alpha value is -4.92. The van der Waals surface area contributed by atoms with Crippen molar-refractivity contribution in [3.05, 3.63) is 101 Å². The Labute approximate surface area is 246 Å². The van der Waals surface area contributed by atoms with Crippen molar-refractivity contribution in [3.63, 3.8) is 0 Å². The van der Waals surface area contributed by atoms with E-state index in [1.807, 2.05) is 13.0 Å². The molecule has 43 heavy (non-hydrogen) atoms. The fourth-order valence-corrected chi connectivity index (χ4v) is 5.60. The van der Waals surface area contributed by atoms with Gasteiger partial charge in [-0.3, -0.25) is 9.59 Å². The third kappa shape index (κ3) is 4.94. The molecule has 1 N–H and O–H groups in total. The molecule has 0 aliphatic heterocycles. The summed E-state index contributed by atoms with van der Waals surface area (Å²) >= 11 is 0. The fourth-order valence-electron chi connectivity index (χ4n) is 5.60. The van der Waals surface area contributed by atoms with E-state index in [1.54, 1.807) is 37.4 Å². The minimum atomic E-state index is -0.674. The number of furan rings is 1. The van der Waals surface area contributed by atoms with E-state index in [0.717, 1.165) is 18.5 Å². The number of amides is 1. The molecule has 0 saturated heterocycles. The van der Waals surface area contributed by atoms with Gasteiger partial charge in [0, 0.05) is 41.9 Å². The molecule has 6 rings (SSSR count). The van der Waals surface area contributed by atoms with Crippen LogP contribution >= 0.6 is 0 Å². The predicted molar refractivity (Wildman–Crippen MR) is 158 cm³/mol. The smallest absolute Gasteiger partial charge is 0.255 e. The molecule has 0 atom stereocenters. The maximum Gasteiger partial charge on any atom is 0.255 e. The van der Waals surface area contributed by atoms with Crippen molar-refractivity contribution in [2.75, 3.05) is 14.2 Å². The van der Waals surface area contributed by atoms with E-state index in [2.05, 4.69) is 15.3 Å². The normalized spacial score (nSPS) is 13.6. The van der Waals surface area contributed by atoms with E-state index in [9.17, 15) is 14.0 Å². The molecule has 2 heterocycles. The molecule has 1 amide bonds. The number of benzene rings is 3. The lowest BCUT2D eigenvalue weighted by Gasteiger charge is -2.17. The number of carbonyl (C=O) groups is 2. The van der Waals surface area contributed by atoms with E-state index in [-0.39, 0.29) is 40.1 Å². The van der Waals surface area contributed by atoms with Crippen LogP contribution in [0.15, 0.2) is 65.2 Å². The Morgan fingerprint density at radius 2 is 1.77 bits per heavy atom. The van der Waals surface area contributed by atoms with Gasteiger partial charge < -0.3 is 14.5 Å². The van der Waals surface area contributed by atoms with Crippen LogP contribution in [0.2, 0.25) is 0 Å². The molecule has 9 heteroatoms. The minimum Gasteiger partial charge on any atom is -0.496 e. The lowest BCUT2D eigenvalue weighted by Crippen LogP contribution is -2.18. The first kappa shape index (κ1) is 28.2. The molecule has 1 aliphatic rings. The number of methoxy groups -OCH3 is 1. The zero-order valence-corrected chi connectivity index (χ0v) is 24.2. The summed E-state index contributed by atoms with van der Waals surface area (Å²) in [5.41, 5.74) is 2.68. The second-order valence-corrected chi connectivity index (χ2v) is 11.0. The third-order valence-corrected chi connectivity index (χ3v) is 8.11. The molecule has 1 saturated carbocycles. The molecule has 1 aliphatic carbocycles. The largest absolute Gasteiger partial charge is 0.496 e. The Bertz CT molecular complexity index is 1910. The number of hydrogen-bond donors (Lipinski definition) is 1. The molecule has 2 aromatic heterocycles. The van der Waals surface area contributed by atoms with E-state index >= 15 is 4.39 Å². The number of ether oxygens (including phenoxy) is 1. The van der Waals surface area contributed by atoms with Gasteiger partial charge >= 0.3 is 0 Å². The van der Waals surface area contributed by atoms with Crippen LogP contribution in [0.3, 0.4) is 0 Å². The van der Waals surface area contributed by atoms with Crippen LogP contribution in [0.25, 0.3) is 33.4 Å². The van der Waals surface area contributed by atoms with Crippen LogP contribution in [0.5, 0.6) is 5.75 Å². The van der Waals surface area contributed by atoms with Gasteiger partial charge in [0.1, 0.15) is 34.6 Å². The molecular formula is C34H29F2N3O4. The standard InChI is InChI=1S/C34H29F2N3O4/c1-18-15-27(42-4)24(25(40)17-34(12-13-34)33-38-14-11-19(2)39-33)16-23(18)22-9-10-26-28(30(22)36)29(32(41)37-3)31(43-26)20-5-7-21(35)8-6-20/h5-11,14-16H,12-13,17H2,1-4H3,(H,37,41). The Kier molecular flexibility index (Phi) is 7.04. The number of halogens is 2. The van der Waals surface area contributed by atoms with Crippen molar-refractivity contribution < 1.29 is 27.5 Å². The summed E-state index contributed by atoms with van der Waals surface area (Å²) in [5.74, 6) is -0.662. The average Bonchev–Trinajstić information content (AvgIpc) is 3.68. The van der Waals surface area contributed by atoms with Gasteiger partial charge in [-0.2, -0.15) is 0 Å². The lowest BCUT2D eigenvalue weighted by molar-refractivity contribution is 0.0956. The number of fused-ring (bicyclic) bond motifs is 1. The summed E-state index contributed by atoms with van der Waals surface area (Å²) in [6.07, 6.45) is 3.50. The van der Waals surface area contributed by atoms with Gasteiger partial charge in [0.2, 0.25) is 0 Å². The minimum absolute atomic E-state index is 0.000229. The number of nitrogens with zero attached hydrogens (tertiary/aromatic N) is 2. The SMILES string of the molecule is CNC(=O)c1c(-c2ccc(F)cc2)oc2ccc(-c3cc(C(=O)CC4(c5nccc(C)n5)CC4)c(OC)cc3C)c(F)c12. The van der Waals surface area contributed by atoms with Gasteiger partial charge in [0.25, 0.3) is 5.91 Å². The molecule has 3 aromatic carbocycles. The number of aryl methyl sites for hydroxylation is 2. The molecule has 0 radical (unpaired) electrons. The molecule has 1 fully saturated rings. The Morgan fingerprint density at radius 1 is 1.02 bits per heavy atom. The van der Waals surface area contributed by atoms with Gasteiger partial charge in [-0.1, -0.05) is 0 Å². The molecular weight excluding hydrogens is 552 g/mol. The highest BCUT2D eigenvalue weighted by Crippen LogP contribution is 2.51. The number of aromatic nitrogens is 2. The van der Waals surface area contributed by atoms with E-state index in [4.69, 9.17) is 9.15 Å². The average molecular weight is 582 g/mol. The number of hydrogen-bond acceptors (Lipinski definition) is 6. The quantitative estimate of drug-likeness (QED) is 0.196. The van der Waals surface area contributed by atoms with Crippen LogP contribution in [0.1, 0.15) is 57.1 Å². The monoisotopic (exact) mass is 581 g/mol. The van der Waals surface area contributed by atoms with Crippen molar-refractivity contribution in [1.29, 1.82) is 0 Å². The van der Waals surface area contributed by atoms with Crippen LogP contribution < -0.4 is 10.1 Å². The zero-order valence-electron chi connectivity index (χ0n) is 24.2. The summed E-state index contributed by atoms with van der Waals surface area (Å²) in [4.78, 5) is 35.8. The van der Waals surface area contributed by atoms with Crippen molar-refractivity contribution in [1.82, 2.24) is 15.3 Å². The first-order chi connectivity index (χ1) is 20.7. The molecule has 0 bridgehead atoms. The van der Waals surface area contributed by atoms with Crippen LogP contribution in [0.4, 0.5) is 8.78 Å². The molecule has 0 spiro atoms. The zero-order chi connectivity index (χ0) is 30.5. The van der Waals surface area contributed by atoms with E-state index < -0.39 is 23.0 Å². The fraction of sp³-hybridized carbons (Fsp3) is 0.235. The molecule has 0 unspecified atom stereocenters. The van der Waals surface area contributed by atoms with Crippen LogP contribution in [0, 0.1) is 25.5 Å². The van der Waals surface area contributed by atoms with Crippen LogP contribution in [-0.4, -0.2) is 35.8 Å². The summed E-state index contributed by atoms with van der Waals surface area (Å²) < 4.78 is 41.6. The molecule has 7 nitrogen and oxygen atoms in total. The predicted octanol–water partition coefficient (Wildman–Crippen LogP) is 7.12. The van der Waals surface area contributed by atoms with Gasteiger partial charge in [-0.15, -0.1) is 0 Å². The first-order valence-corrected chi connectivity index (χ1v) is 13.9. The van der Waals surface area contributed by atoms with E-state index in [1.165, 1.54) is 38.4 Å². The maximum absolute atomic E-state index is 16.5. The van der Waals surface area contributed by atoms with Crippen molar-refractivity contribution in [3.8, 4) is 28.2 Å². The summed E-state index contributed by atoms with van der Waals surface area (Å²) in [7, 11) is 2.93. The number of carbonyl (C=O) groups excluding carboxylic acids is 2. The highest BCUT2D eigenvalue weighted by atomic mass is 19.1. The van der Waals surface area contributed by atoms with E-state index in [0.29, 0.717) is 33.8 Å². The topological polar surface area (TPSA) is 94.3 Å². The van der Waals surface area contributed by atoms with Gasteiger partial charge in [0.15, 0.2) is 5.78 Å². The highest BCUT2D eigenvalue weighted by Gasteiger charge is 2.49. The summed E-state index contributed by atoms with van der Waals surface area (Å²) in [6.45, 7) is 3.69. The molecule has 218 valence electrons. The number of Topliss-reactive ketones (excluding diaryl/α,β-unsaturated/α-hetero) is 1. The second-order valence-electron chi connectivity index (χ2n) is 11.0. The van der Waals surface area contributed by atoms with Crippen molar-refractivity contribution in [2.45, 2.75) is 38.5 Å². The highest BCUT2D eigenvalue weighted by molar-refractivity contribution is 6.12. The van der Waals surface area contributed by atoms with Crippen molar-refractivity contribution >= 4 is 22.7 Å².